The number of anilines is 3. The van der Waals surface area contributed by atoms with E-state index < -0.39 is 43.7 Å². The number of carboxylic acid groups (broad SMARTS) is 2. The lowest BCUT2D eigenvalue weighted by atomic mass is 10.1. The fourth-order valence-electron chi connectivity index (χ4n) is 4.37. The molecule has 0 aliphatic carbocycles. The van der Waals surface area contributed by atoms with E-state index in [9.17, 15) is 33.6 Å². The van der Waals surface area contributed by atoms with Crippen LogP contribution in [0, 0.1) is 0 Å². The summed E-state index contributed by atoms with van der Waals surface area (Å²) in [5, 5.41) is 20.4. The standard InChI is InChI=1S/C27H39N6O11P/c28-23-19(25(38)32-27(29)31-23)7-6-15-33(21(34)8-4-2-1-3-5-16-44-45(41,42)43)18-11-9-17(10-12-18)24(37)30-20(26(39)40)13-14-22(35)36/h9-12,20H,1-8,13-16H2,(H,30,37)(H,35,36)(H,39,40)(H2,41,42,43)(H5,28,29,31,32,38). The number of aromatic nitrogens is 2. The molecule has 1 atom stereocenters. The van der Waals surface area contributed by atoms with Gasteiger partial charge >= 0.3 is 19.8 Å². The summed E-state index contributed by atoms with van der Waals surface area (Å²) in [5.74, 6) is -3.66. The lowest BCUT2D eigenvalue weighted by Crippen LogP contribution is -2.41. The molecule has 0 saturated carbocycles. The highest BCUT2D eigenvalue weighted by Gasteiger charge is 2.22. The van der Waals surface area contributed by atoms with E-state index in [2.05, 4.69) is 19.8 Å². The van der Waals surface area contributed by atoms with Gasteiger partial charge in [-0.15, -0.1) is 0 Å². The van der Waals surface area contributed by atoms with E-state index in [0.29, 0.717) is 37.8 Å². The molecule has 1 unspecified atom stereocenters. The molecule has 0 spiro atoms. The number of carbonyl (C=O) groups excluding carboxylic acids is 2. The van der Waals surface area contributed by atoms with Gasteiger partial charge in [-0.05, 0) is 56.4 Å². The number of hydrogen-bond donors (Lipinski definition) is 8. The number of hydrogen-bond acceptors (Lipinski definition) is 10. The minimum atomic E-state index is -4.49. The summed E-state index contributed by atoms with van der Waals surface area (Å²) in [4.78, 5) is 85.6. The third kappa shape index (κ3) is 13.5. The first-order valence-corrected chi connectivity index (χ1v) is 15.7. The van der Waals surface area contributed by atoms with Crippen molar-refractivity contribution in [2.75, 3.05) is 29.5 Å². The second-order valence-electron chi connectivity index (χ2n) is 10.1. The molecule has 0 saturated heterocycles. The van der Waals surface area contributed by atoms with Gasteiger partial charge in [-0.25, -0.2) is 9.36 Å². The van der Waals surface area contributed by atoms with Crippen molar-refractivity contribution in [3.05, 3.63) is 45.7 Å². The van der Waals surface area contributed by atoms with Crippen molar-refractivity contribution < 1.29 is 48.3 Å². The van der Waals surface area contributed by atoms with Crippen LogP contribution in [0.2, 0.25) is 0 Å². The average molecular weight is 655 g/mol. The Morgan fingerprint density at radius 1 is 0.978 bits per heavy atom. The molecule has 2 aromatic rings. The third-order valence-electron chi connectivity index (χ3n) is 6.66. The lowest BCUT2D eigenvalue weighted by molar-refractivity contribution is -0.140. The van der Waals surface area contributed by atoms with Crippen LogP contribution in [0.25, 0.3) is 0 Å². The van der Waals surface area contributed by atoms with Gasteiger partial charge in [0.15, 0.2) is 0 Å². The molecule has 248 valence electrons. The number of nitrogen functional groups attached to an aromatic ring is 2. The van der Waals surface area contributed by atoms with Crippen LogP contribution < -0.4 is 27.2 Å². The van der Waals surface area contributed by atoms with Gasteiger partial charge in [0.25, 0.3) is 11.5 Å². The van der Waals surface area contributed by atoms with Crippen molar-refractivity contribution in [1.29, 1.82) is 0 Å². The minimum Gasteiger partial charge on any atom is -0.481 e. The van der Waals surface area contributed by atoms with Crippen molar-refractivity contribution in [3.8, 4) is 0 Å². The first kappa shape index (κ1) is 36.9. The molecule has 10 N–H and O–H groups in total. The van der Waals surface area contributed by atoms with E-state index in [-0.39, 0.29) is 61.2 Å². The maximum atomic E-state index is 13.3. The van der Waals surface area contributed by atoms with Crippen LogP contribution in [-0.4, -0.2) is 72.9 Å². The molecule has 1 aromatic heterocycles. The largest absolute Gasteiger partial charge is 0.481 e. The smallest absolute Gasteiger partial charge is 0.469 e. The Hall–Kier alpha value is -4.31. The third-order valence-corrected chi connectivity index (χ3v) is 7.18. The van der Waals surface area contributed by atoms with Gasteiger partial charge in [-0.3, -0.25) is 28.7 Å². The zero-order chi connectivity index (χ0) is 33.6. The molecule has 0 radical (unpaired) electrons. The summed E-state index contributed by atoms with van der Waals surface area (Å²) in [5.41, 5.74) is 11.6. The summed E-state index contributed by atoms with van der Waals surface area (Å²) >= 11 is 0. The van der Waals surface area contributed by atoms with E-state index in [1.807, 2.05) is 0 Å². The van der Waals surface area contributed by atoms with E-state index >= 15 is 0 Å². The fourth-order valence-corrected chi connectivity index (χ4v) is 4.74. The van der Waals surface area contributed by atoms with Gasteiger partial charge in [0.1, 0.15) is 11.9 Å². The summed E-state index contributed by atoms with van der Waals surface area (Å²) in [7, 11) is -4.49. The highest BCUT2D eigenvalue weighted by molar-refractivity contribution is 7.46. The first-order valence-electron chi connectivity index (χ1n) is 14.2. The Labute approximate surface area is 258 Å². The van der Waals surface area contributed by atoms with Gasteiger partial charge < -0.3 is 41.7 Å². The Morgan fingerprint density at radius 3 is 2.22 bits per heavy atom. The number of unbranched alkanes of at least 4 members (excludes halogenated alkanes) is 4. The van der Waals surface area contributed by atoms with Gasteiger partial charge in [0.05, 0.1) is 12.2 Å². The Kier molecular flexibility index (Phi) is 14.6. The number of nitrogens with zero attached hydrogens (tertiary/aromatic N) is 2. The highest BCUT2D eigenvalue weighted by atomic mass is 31.2. The first-order chi connectivity index (χ1) is 21.2. The maximum absolute atomic E-state index is 13.3. The molecule has 0 bridgehead atoms. The number of aromatic amines is 1. The van der Waals surface area contributed by atoms with Crippen LogP contribution in [0.15, 0.2) is 29.1 Å². The second-order valence-corrected chi connectivity index (χ2v) is 11.4. The molecular formula is C27H39N6O11P. The summed E-state index contributed by atoms with van der Waals surface area (Å²) in [6.45, 7) is 0.116. The van der Waals surface area contributed by atoms with Crippen molar-refractivity contribution in [1.82, 2.24) is 15.3 Å². The van der Waals surface area contributed by atoms with E-state index in [1.54, 1.807) is 0 Å². The van der Waals surface area contributed by atoms with Gasteiger partial charge in [-0.2, -0.15) is 4.98 Å². The van der Waals surface area contributed by atoms with Crippen molar-refractivity contribution >= 4 is 49.0 Å². The number of amides is 2. The average Bonchev–Trinajstić information content (AvgIpc) is 2.94. The molecule has 1 heterocycles. The van der Waals surface area contributed by atoms with Crippen molar-refractivity contribution in [3.63, 3.8) is 0 Å². The molecule has 0 aliphatic heterocycles. The molecule has 0 fully saturated rings. The number of nitrogens with two attached hydrogens (primary N) is 2. The SMILES string of the molecule is Nc1nc(N)c(CCCN(C(=O)CCCCCCCOP(=O)(O)O)c2ccc(C(=O)NC(CCC(=O)O)C(=O)O)cc2)c(=O)[nH]1. The lowest BCUT2D eigenvalue weighted by Gasteiger charge is -2.23. The van der Waals surface area contributed by atoms with E-state index in [0.717, 1.165) is 6.42 Å². The monoisotopic (exact) mass is 654 g/mol. The summed E-state index contributed by atoms with van der Waals surface area (Å²) < 4.78 is 15.1. The highest BCUT2D eigenvalue weighted by Crippen LogP contribution is 2.35. The normalized spacial score (nSPS) is 12.0. The zero-order valence-corrected chi connectivity index (χ0v) is 25.4. The van der Waals surface area contributed by atoms with Crippen LogP contribution in [-0.2, 0) is 29.9 Å². The molecule has 1 aromatic carbocycles. The number of aliphatic carboxylic acids is 2. The van der Waals surface area contributed by atoms with Crippen LogP contribution in [0.1, 0.15) is 73.7 Å². The zero-order valence-electron chi connectivity index (χ0n) is 24.5. The number of phosphoric ester groups is 1. The Morgan fingerprint density at radius 2 is 1.62 bits per heavy atom. The van der Waals surface area contributed by atoms with Crippen molar-refractivity contribution in [2.24, 2.45) is 0 Å². The van der Waals surface area contributed by atoms with E-state index in [1.165, 1.54) is 29.2 Å². The maximum Gasteiger partial charge on any atom is 0.469 e. The van der Waals surface area contributed by atoms with Crippen LogP contribution >= 0.6 is 7.82 Å². The van der Waals surface area contributed by atoms with Crippen molar-refractivity contribution in [2.45, 2.75) is 70.3 Å². The number of carboxylic acids is 2. The Bertz CT molecular complexity index is 1430. The second kappa shape index (κ2) is 17.9. The Balaban J connectivity index is 2.07. The minimum absolute atomic E-state index is 0.0151. The molecule has 18 heteroatoms. The predicted molar refractivity (Wildman–Crippen MR) is 162 cm³/mol. The number of H-pyrrole nitrogens is 1. The van der Waals surface area contributed by atoms with Gasteiger partial charge in [0, 0.05) is 30.6 Å². The van der Waals surface area contributed by atoms with Crippen LogP contribution in [0.5, 0.6) is 0 Å². The molecule has 2 rings (SSSR count). The summed E-state index contributed by atoms with van der Waals surface area (Å²) in [6, 6.07) is 4.46. The molecule has 0 aliphatic rings. The predicted octanol–water partition coefficient (Wildman–Crippen LogP) is 1.40. The number of rotatable bonds is 20. The van der Waals surface area contributed by atoms with Crippen LogP contribution in [0.4, 0.5) is 17.5 Å². The quantitative estimate of drug-likeness (QED) is 0.0740. The number of nitrogens with one attached hydrogen (secondary N) is 2. The number of benzene rings is 1. The molecule has 17 nitrogen and oxygen atoms in total. The topological polar surface area (TPSA) is 289 Å². The van der Waals surface area contributed by atoms with Crippen LogP contribution in [0.3, 0.4) is 0 Å². The summed E-state index contributed by atoms with van der Waals surface area (Å²) in [6.07, 6.45) is 3.03. The fraction of sp³-hybridized carbons (Fsp3) is 0.481. The number of phosphoric acid groups is 1. The van der Waals surface area contributed by atoms with E-state index in [4.69, 9.17) is 26.4 Å². The van der Waals surface area contributed by atoms with Gasteiger partial charge in [0.2, 0.25) is 11.9 Å². The van der Waals surface area contributed by atoms with Gasteiger partial charge in [-0.1, -0.05) is 19.3 Å². The number of carbonyl (C=O) groups is 4. The molecule has 2 amide bonds. The molecule has 45 heavy (non-hydrogen) atoms. The molecular weight excluding hydrogens is 615 g/mol.